The molecule has 3 aromatic rings. The Bertz CT molecular complexity index is 734. The molecule has 4 heteroatoms. The van der Waals surface area contributed by atoms with Gasteiger partial charge >= 0.3 is 0 Å². The van der Waals surface area contributed by atoms with Gasteiger partial charge in [0.1, 0.15) is 11.3 Å². The Balaban J connectivity index is 2.36. The fraction of sp³-hybridized carbons (Fsp3) is 0.0714. The summed E-state index contributed by atoms with van der Waals surface area (Å²) in [6.07, 6.45) is 3.26. The van der Waals surface area contributed by atoms with Gasteiger partial charge in [0.05, 0.1) is 6.26 Å². The van der Waals surface area contributed by atoms with Gasteiger partial charge in [0.25, 0.3) is 0 Å². The number of benzene rings is 1. The molecular weight excluding hydrogens is 250 g/mol. The maximum Gasteiger partial charge on any atom is 0.160 e. The Morgan fingerprint density at radius 2 is 2.06 bits per heavy atom. The molecule has 0 amide bonds. The number of pyridine rings is 1. The lowest BCUT2D eigenvalue weighted by atomic mass is 10.0. The van der Waals surface area contributed by atoms with Gasteiger partial charge in [-0.25, -0.2) is 0 Å². The van der Waals surface area contributed by atoms with Crippen LogP contribution in [0.5, 0.6) is 5.75 Å². The molecule has 90 valence electrons. The summed E-state index contributed by atoms with van der Waals surface area (Å²) in [4.78, 5) is 4.19. The Morgan fingerprint density at radius 3 is 2.89 bits per heavy atom. The number of hydrogen-bond acceptors (Lipinski definition) is 3. The zero-order valence-electron chi connectivity index (χ0n) is 9.64. The van der Waals surface area contributed by atoms with Gasteiger partial charge in [-0.05, 0) is 30.7 Å². The van der Waals surface area contributed by atoms with Gasteiger partial charge in [-0.15, -0.1) is 0 Å². The van der Waals surface area contributed by atoms with E-state index in [0.29, 0.717) is 16.2 Å². The van der Waals surface area contributed by atoms with E-state index in [4.69, 9.17) is 16.0 Å². The van der Waals surface area contributed by atoms with E-state index in [1.165, 1.54) is 0 Å². The van der Waals surface area contributed by atoms with Crippen molar-refractivity contribution in [2.75, 3.05) is 0 Å². The molecule has 18 heavy (non-hydrogen) atoms. The standard InChI is InChI=1S/C14H10ClNO2/c1-8-6-9(15)7-11(13(8)17)10-2-4-16-12-3-5-18-14(10)12/h2-7,17H,1H3. The number of phenols is 1. The summed E-state index contributed by atoms with van der Waals surface area (Å²) in [7, 11) is 0. The lowest BCUT2D eigenvalue weighted by Gasteiger charge is -2.08. The smallest absolute Gasteiger partial charge is 0.160 e. The Labute approximate surface area is 109 Å². The van der Waals surface area contributed by atoms with E-state index in [0.717, 1.165) is 16.6 Å². The zero-order chi connectivity index (χ0) is 12.7. The molecule has 3 nitrogen and oxygen atoms in total. The number of furan rings is 1. The fourth-order valence-corrected chi connectivity index (χ4v) is 2.30. The minimum Gasteiger partial charge on any atom is -0.507 e. The van der Waals surface area contributed by atoms with Crippen LogP contribution >= 0.6 is 11.6 Å². The van der Waals surface area contributed by atoms with Crippen LogP contribution in [0.15, 0.2) is 41.1 Å². The summed E-state index contributed by atoms with van der Waals surface area (Å²) in [6.45, 7) is 1.81. The van der Waals surface area contributed by atoms with Crippen molar-refractivity contribution in [1.29, 1.82) is 0 Å². The molecule has 0 aliphatic heterocycles. The lowest BCUT2D eigenvalue weighted by molar-refractivity contribution is 0.473. The predicted octanol–water partition coefficient (Wildman–Crippen LogP) is 4.16. The van der Waals surface area contributed by atoms with Crippen LogP contribution in [0, 0.1) is 6.92 Å². The number of fused-ring (bicyclic) bond motifs is 1. The van der Waals surface area contributed by atoms with E-state index in [1.807, 2.05) is 6.92 Å². The van der Waals surface area contributed by atoms with Crippen LogP contribution < -0.4 is 0 Å². The second-order valence-electron chi connectivity index (χ2n) is 4.11. The number of hydrogen-bond donors (Lipinski definition) is 1. The monoisotopic (exact) mass is 259 g/mol. The molecule has 0 unspecified atom stereocenters. The summed E-state index contributed by atoms with van der Waals surface area (Å²) in [6, 6.07) is 7.03. The second kappa shape index (κ2) is 4.03. The van der Waals surface area contributed by atoms with E-state index in [-0.39, 0.29) is 5.75 Å². The zero-order valence-corrected chi connectivity index (χ0v) is 10.4. The number of rotatable bonds is 1. The van der Waals surface area contributed by atoms with Crippen molar-refractivity contribution in [3.63, 3.8) is 0 Å². The van der Waals surface area contributed by atoms with E-state index >= 15 is 0 Å². The van der Waals surface area contributed by atoms with Crippen LogP contribution in [0.25, 0.3) is 22.2 Å². The third kappa shape index (κ3) is 1.64. The quantitative estimate of drug-likeness (QED) is 0.714. The maximum atomic E-state index is 10.2. The Morgan fingerprint density at radius 1 is 1.22 bits per heavy atom. The molecule has 0 radical (unpaired) electrons. The van der Waals surface area contributed by atoms with Gasteiger partial charge in [-0.3, -0.25) is 4.98 Å². The average Bonchev–Trinajstić information content (AvgIpc) is 2.81. The third-order valence-electron chi connectivity index (χ3n) is 2.90. The number of nitrogens with zero attached hydrogens (tertiary/aromatic N) is 1. The first-order valence-electron chi connectivity index (χ1n) is 5.48. The van der Waals surface area contributed by atoms with Crippen LogP contribution in [0.1, 0.15) is 5.56 Å². The Kier molecular flexibility index (Phi) is 2.49. The number of aromatic hydroxyl groups is 1. The van der Waals surface area contributed by atoms with Gasteiger partial charge in [0.15, 0.2) is 5.58 Å². The van der Waals surface area contributed by atoms with Gasteiger partial charge < -0.3 is 9.52 Å². The van der Waals surface area contributed by atoms with Crippen LogP contribution in [0.2, 0.25) is 5.02 Å². The molecule has 2 heterocycles. The van der Waals surface area contributed by atoms with E-state index in [2.05, 4.69) is 4.98 Å². The highest BCUT2D eigenvalue weighted by atomic mass is 35.5. The van der Waals surface area contributed by atoms with Gasteiger partial charge in [0, 0.05) is 28.4 Å². The molecule has 0 fully saturated rings. The van der Waals surface area contributed by atoms with Crippen LogP contribution in [0.4, 0.5) is 0 Å². The first-order chi connectivity index (χ1) is 8.66. The van der Waals surface area contributed by atoms with Crippen molar-refractivity contribution in [1.82, 2.24) is 4.98 Å². The molecule has 0 aliphatic carbocycles. The minimum absolute atomic E-state index is 0.211. The largest absolute Gasteiger partial charge is 0.507 e. The van der Waals surface area contributed by atoms with Crippen molar-refractivity contribution in [3.05, 3.63) is 47.3 Å². The predicted molar refractivity (Wildman–Crippen MR) is 70.9 cm³/mol. The topological polar surface area (TPSA) is 46.3 Å². The van der Waals surface area contributed by atoms with Crippen molar-refractivity contribution in [2.24, 2.45) is 0 Å². The number of aryl methyl sites for hydroxylation is 1. The molecule has 2 aromatic heterocycles. The number of aromatic nitrogens is 1. The van der Waals surface area contributed by atoms with Crippen LogP contribution in [-0.4, -0.2) is 10.1 Å². The highest BCUT2D eigenvalue weighted by molar-refractivity contribution is 6.31. The molecule has 0 spiro atoms. The van der Waals surface area contributed by atoms with Crippen LogP contribution in [-0.2, 0) is 0 Å². The first kappa shape index (κ1) is 11.1. The SMILES string of the molecule is Cc1cc(Cl)cc(-c2ccnc3ccoc23)c1O. The second-order valence-corrected chi connectivity index (χ2v) is 4.55. The molecule has 0 saturated heterocycles. The summed E-state index contributed by atoms with van der Waals surface area (Å²) in [5, 5.41) is 10.7. The molecular formula is C14H10ClNO2. The molecule has 1 aromatic carbocycles. The van der Waals surface area contributed by atoms with Crippen LogP contribution in [0.3, 0.4) is 0 Å². The highest BCUT2D eigenvalue weighted by Crippen LogP contribution is 2.37. The molecule has 0 aliphatic rings. The van der Waals surface area contributed by atoms with Gasteiger partial charge in [-0.2, -0.15) is 0 Å². The molecule has 0 saturated carbocycles. The number of halogens is 1. The lowest BCUT2D eigenvalue weighted by Crippen LogP contribution is -1.85. The molecule has 0 bridgehead atoms. The van der Waals surface area contributed by atoms with E-state index < -0.39 is 0 Å². The van der Waals surface area contributed by atoms with Gasteiger partial charge in [-0.1, -0.05) is 11.6 Å². The van der Waals surface area contributed by atoms with Crippen molar-refractivity contribution in [3.8, 4) is 16.9 Å². The summed E-state index contributed by atoms with van der Waals surface area (Å²) in [5.41, 5.74) is 3.57. The highest BCUT2D eigenvalue weighted by Gasteiger charge is 2.13. The summed E-state index contributed by atoms with van der Waals surface area (Å²) >= 11 is 6.04. The normalized spacial score (nSPS) is 11.0. The number of phenolic OH excluding ortho intramolecular Hbond substituents is 1. The molecule has 1 N–H and O–H groups in total. The van der Waals surface area contributed by atoms with Crippen molar-refractivity contribution < 1.29 is 9.52 Å². The summed E-state index contributed by atoms with van der Waals surface area (Å²) < 4.78 is 5.42. The fourth-order valence-electron chi connectivity index (χ4n) is 2.03. The minimum atomic E-state index is 0.211. The van der Waals surface area contributed by atoms with E-state index in [1.54, 1.807) is 36.7 Å². The summed E-state index contributed by atoms with van der Waals surface area (Å²) in [5.74, 6) is 0.211. The Hall–Kier alpha value is -2.00. The van der Waals surface area contributed by atoms with Gasteiger partial charge in [0.2, 0.25) is 0 Å². The van der Waals surface area contributed by atoms with Crippen molar-refractivity contribution in [2.45, 2.75) is 6.92 Å². The van der Waals surface area contributed by atoms with E-state index in [9.17, 15) is 5.11 Å². The first-order valence-corrected chi connectivity index (χ1v) is 5.86. The maximum absolute atomic E-state index is 10.2. The van der Waals surface area contributed by atoms with Crippen molar-refractivity contribution >= 4 is 22.7 Å². The average molecular weight is 260 g/mol. The molecule has 0 atom stereocenters. The third-order valence-corrected chi connectivity index (χ3v) is 3.12. The molecule has 3 rings (SSSR count).